The SMILES string of the molecule is C[C@H](CC(=O)c1ccccc1)NC(=O)Cc1ccc([N+](=O)[O-])cc1. The number of nitrogens with zero attached hydrogens (tertiary/aromatic N) is 1. The number of rotatable bonds is 7. The second-order valence-corrected chi connectivity index (χ2v) is 5.56. The quantitative estimate of drug-likeness (QED) is 0.481. The van der Waals surface area contributed by atoms with Gasteiger partial charge in [-0.25, -0.2) is 0 Å². The van der Waals surface area contributed by atoms with Crippen LogP contribution in [0.3, 0.4) is 0 Å². The summed E-state index contributed by atoms with van der Waals surface area (Å²) >= 11 is 0. The molecule has 1 amide bonds. The van der Waals surface area contributed by atoms with Crippen molar-refractivity contribution in [2.24, 2.45) is 0 Å². The average molecular weight is 326 g/mol. The Bertz CT molecular complexity index is 726. The first-order valence-electron chi connectivity index (χ1n) is 7.56. The number of ketones is 1. The van der Waals surface area contributed by atoms with Crippen LogP contribution in [0.1, 0.15) is 29.3 Å². The highest BCUT2D eigenvalue weighted by molar-refractivity contribution is 5.96. The topological polar surface area (TPSA) is 89.3 Å². The lowest BCUT2D eigenvalue weighted by Gasteiger charge is -2.13. The summed E-state index contributed by atoms with van der Waals surface area (Å²) in [7, 11) is 0. The zero-order valence-electron chi connectivity index (χ0n) is 13.3. The second-order valence-electron chi connectivity index (χ2n) is 5.56. The predicted molar refractivity (Wildman–Crippen MR) is 89.8 cm³/mol. The standard InChI is InChI=1S/C18H18N2O4/c1-13(11-17(21)15-5-3-2-4-6-15)19-18(22)12-14-7-9-16(10-8-14)20(23)24/h2-10,13H,11-12H2,1H3,(H,19,22)/t13-/m1/s1. The molecular weight excluding hydrogens is 308 g/mol. The number of nitro benzene ring substituents is 1. The Hall–Kier alpha value is -3.02. The summed E-state index contributed by atoms with van der Waals surface area (Å²) in [4.78, 5) is 34.2. The number of amides is 1. The molecule has 2 aromatic carbocycles. The molecule has 0 saturated heterocycles. The molecule has 0 saturated carbocycles. The van der Waals surface area contributed by atoms with Crippen molar-refractivity contribution in [2.75, 3.05) is 0 Å². The van der Waals surface area contributed by atoms with Gasteiger partial charge < -0.3 is 5.32 Å². The van der Waals surface area contributed by atoms with Crippen LogP contribution in [0.25, 0.3) is 0 Å². The fourth-order valence-corrected chi connectivity index (χ4v) is 2.32. The molecule has 2 rings (SSSR count). The Morgan fingerprint density at radius 3 is 2.29 bits per heavy atom. The van der Waals surface area contributed by atoms with Gasteiger partial charge in [-0.15, -0.1) is 0 Å². The molecule has 0 aliphatic carbocycles. The van der Waals surface area contributed by atoms with Crippen molar-refractivity contribution in [3.63, 3.8) is 0 Å². The van der Waals surface area contributed by atoms with Crippen molar-refractivity contribution >= 4 is 17.4 Å². The molecule has 0 radical (unpaired) electrons. The second kappa shape index (κ2) is 8.01. The molecule has 6 nitrogen and oxygen atoms in total. The first-order chi connectivity index (χ1) is 11.5. The van der Waals surface area contributed by atoms with E-state index in [9.17, 15) is 19.7 Å². The molecule has 0 aromatic heterocycles. The van der Waals surface area contributed by atoms with E-state index < -0.39 is 4.92 Å². The number of benzene rings is 2. The normalized spacial score (nSPS) is 11.5. The number of Topliss-reactive ketones (excluding diaryl/α,β-unsaturated/α-hetero) is 1. The lowest BCUT2D eigenvalue weighted by atomic mass is 10.0. The van der Waals surface area contributed by atoms with Crippen LogP contribution in [0.15, 0.2) is 54.6 Å². The lowest BCUT2D eigenvalue weighted by molar-refractivity contribution is -0.384. The van der Waals surface area contributed by atoms with Gasteiger partial charge in [0.2, 0.25) is 5.91 Å². The third-order valence-electron chi connectivity index (χ3n) is 3.51. The Morgan fingerprint density at radius 2 is 1.71 bits per heavy atom. The minimum atomic E-state index is -0.485. The summed E-state index contributed by atoms with van der Waals surface area (Å²) in [6.07, 6.45) is 0.331. The van der Waals surface area contributed by atoms with E-state index in [1.165, 1.54) is 12.1 Å². The summed E-state index contributed by atoms with van der Waals surface area (Å²) in [5.41, 5.74) is 1.29. The number of carbonyl (C=O) groups is 2. The maximum absolute atomic E-state index is 12.1. The van der Waals surface area contributed by atoms with E-state index >= 15 is 0 Å². The van der Waals surface area contributed by atoms with Gasteiger partial charge >= 0.3 is 0 Å². The van der Waals surface area contributed by atoms with Crippen LogP contribution >= 0.6 is 0 Å². The molecule has 6 heteroatoms. The molecule has 0 aliphatic rings. The third kappa shape index (κ3) is 5.01. The van der Waals surface area contributed by atoms with Gasteiger partial charge in [-0.1, -0.05) is 42.5 Å². The smallest absolute Gasteiger partial charge is 0.269 e. The summed E-state index contributed by atoms with van der Waals surface area (Å²) in [5.74, 6) is -0.254. The van der Waals surface area contributed by atoms with Crippen LogP contribution in [0.4, 0.5) is 5.69 Å². The highest BCUT2D eigenvalue weighted by Gasteiger charge is 2.14. The van der Waals surface area contributed by atoms with Crippen LogP contribution < -0.4 is 5.32 Å². The molecule has 24 heavy (non-hydrogen) atoms. The number of nitrogens with one attached hydrogen (secondary N) is 1. The number of non-ortho nitro benzene ring substituents is 1. The molecule has 124 valence electrons. The van der Waals surface area contributed by atoms with Crippen LogP contribution in [0.2, 0.25) is 0 Å². The van der Waals surface area contributed by atoms with Crippen LogP contribution in [-0.2, 0) is 11.2 Å². The van der Waals surface area contributed by atoms with Gasteiger partial charge in [-0.3, -0.25) is 19.7 Å². The van der Waals surface area contributed by atoms with Crippen molar-refractivity contribution in [3.05, 3.63) is 75.8 Å². The molecular formula is C18H18N2O4. The Labute approximate surface area is 139 Å². The van der Waals surface area contributed by atoms with Crippen LogP contribution in [-0.4, -0.2) is 22.7 Å². The van der Waals surface area contributed by atoms with Crippen molar-refractivity contribution in [2.45, 2.75) is 25.8 Å². The van der Waals surface area contributed by atoms with Crippen LogP contribution in [0, 0.1) is 10.1 Å². The van der Waals surface area contributed by atoms with Crippen LogP contribution in [0.5, 0.6) is 0 Å². The molecule has 2 aromatic rings. The van der Waals surface area contributed by atoms with Crippen molar-refractivity contribution < 1.29 is 14.5 Å². The van der Waals surface area contributed by atoms with Gasteiger partial charge in [0.05, 0.1) is 11.3 Å². The molecule has 0 fully saturated rings. The van der Waals surface area contributed by atoms with Crippen molar-refractivity contribution in [3.8, 4) is 0 Å². The lowest BCUT2D eigenvalue weighted by Crippen LogP contribution is -2.35. The first kappa shape index (κ1) is 17.3. The van der Waals surface area contributed by atoms with Crippen molar-refractivity contribution in [1.29, 1.82) is 0 Å². The van der Waals surface area contributed by atoms with E-state index in [0.29, 0.717) is 11.1 Å². The minimum Gasteiger partial charge on any atom is -0.353 e. The van der Waals surface area contributed by atoms with E-state index in [1.54, 1.807) is 43.3 Å². The number of carbonyl (C=O) groups excluding carboxylic acids is 2. The van der Waals surface area contributed by atoms with Gasteiger partial charge in [-0.2, -0.15) is 0 Å². The Balaban J connectivity index is 1.85. The minimum absolute atomic E-state index is 0.0130. The zero-order chi connectivity index (χ0) is 17.5. The summed E-state index contributed by atoms with van der Waals surface area (Å²) in [6.45, 7) is 1.77. The highest BCUT2D eigenvalue weighted by Crippen LogP contribution is 2.12. The number of hydrogen-bond donors (Lipinski definition) is 1. The van der Waals surface area contributed by atoms with E-state index in [-0.39, 0.29) is 36.3 Å². The van der Waals surface area contributed by atoms with Gasteiger partial charge in [0.25, 0.3) is 5.69 Å². The van der Waals surface area contributed by atoms with Gasteiger partial charge in [0.1, 0.15) is 0 Å². The Kier molecular flexibility index (Phi) is 5.78. The summed E-state index contributed by atoms with van der Waals surface area (Å²) < 4.78 is 0. The Morgan fingerprint density at radius 1 is 1.08 bits per heavy atom. The highest BCUT2D eigenvalue weighted by atomic mass is 16.6. The fourth-order valence-electron chi connectivity index (χ4n) is 2.32. The largest absolute Gasteiger partial charge is 0.353 e. The zero-order valence-corrected chi connectivity index (χ0v) is 13.3. The van der Waals surface area contributed by atoms with E-state index in [4.69, 9.17) is 0 Å². The molecule has 0 bridgehead atoms. The molecule has 0 aliphatic heterocycles. The molecule has 0 unspecified atom stereocenters. The molecule has 1 atom stereocenters. The first-order valence-corrected chi connectivity index (χ1v) is 7.56. The summed E-state index contributed by atoms with van der Waals surface area (Å²) in [5, 5.41) is 13.4. The van der Waals surface area contributed by atoms with E-state index in [2.05, 4.69) is 5.32 Å². The maximum atomic E-state index is 12.1. The fraction of sp³-hybridized carbons (Fsp3) is 0.222. The average Bonchev–Trinajstić information content (AvgIpc) is 2.55. The molecule has 1 N–H and O–H groups in total. The maximum Gasteiger partial charge on any atom is 0.269 e. The van der Waals surface area contributed by atoms with Gasteiger partial charge in [0, 0.05) is 30.2 Å². The molecule has 0 heterocycles. The van der Waals surface area contributed by atoms with E-state index in [1.807, 2.05) is 6.07 Å². The van der Waals surface area contributed by atoms with Crippen molar-refractivity contribution in [1.82, 2.24) is 5.32 Å². The number of nitro groups is 1. The third-order valence-corrected chi connectivity index (χ3v) is 3.51. The summed E-state index contributed by atoms with van der Waals surface area (Å²) in [6, 6.07) is 14.5. The number of hydrogen-bond acceptors (Lipinski definition) is 4. The predicted octanol–water partition coefficient (Wildman–Crippen LogP) is 2.92. The molecule has 0 spiro atoms. The van der Waals surface area contributed by atoms with Gasteiger partial charge in [-0.05, 0) is 12.5 Å². The van der Waals surface area contributed by atoms with Gasteiger partial charge in [0.15, 0.2) is 5.78 Å². The monoisotopic (exact) mass is 326 g/mol. The van der Waals surface area contributed by atoms with E-state index in [0.717, 1.165) is 0 Å².